The number of halogens is 1. The van der Waals surface area contributed by atoms with Crippen LogP contribution in [0.15, 0.2) is 22.7 Å². The molecule has 0 aromatic heterocycles. The normalized spacial score (nSPS) is 22.2. The second-order valence-corrected chi connectivity index (χ2v) is 5.80. The van der Waals surface area contributed by atoms with Gasteiger partial charge < -0.3 is 15.0 Å². The summed E-state index contributed by atoms with van der Waals surface area (Å²) in [5.41, 5.74) is 2.57. The molecule has 1 atom stereocenters. The Morgan fingerprint density at radius 3 is 2.95 bits per heavy atom. The molecule has 3 rings (SSSR count). The molecule has 1 fully saturated rings. The number of carbonyl (C=O) groups excluding carboxylic acids is 1. The van der Waals surface area contributed by atoms with Gasteiger partial charge in [-0.05, 0) is 30.0 Å². The highest BCUT2D eigenvalue weighted by Crippen LogP contribution is 2.35. The second kappa shape index (κ2) is 5.51. The summed E-state index contributed by atoms with van der Waals surface area (Å²) in [6.07, 6.45) is 2.00. The first-order chi connectivity index (χ1) is 9.25. The third-order valence-corrected chi connectivity index (χ3v) is 4.55. The van der Waals surface area contributed by atoms with Gasteiger partial charge in [-0.1, -0.05) is 28.1 Å². The van der Waals surface area contributed by atoms with Crippen LogP contribution >= 0.6 is 15.9 Å². The van der Waals surface area contributed by atoms with E-state index in [0.29, 0.717) is 26.3 Å². The Morgan fingerprint density at radius 2 is 2.16 bits per heavy atom. The molecule has 0 bridgehead atoms. The number of fused-ring (bicyclic) bond motifs is 1. The van der Waals surface area contributed by atoms with Gasteiger partial charge in [0.25, 0.3) is 0 Å². The summed E-state index contributed by atoms with van der Waals surface area (Å²) in [6.45, 7) is 2.65. The van der Waals surface area contributed by atoms with E-state index in [2.05, 4.69) is 33.4 Å². The second-order valence-electron chi connectivity index (χ2n) is 4.95. The molecule has 1 aliphatic carbocycles. The predicted molar refractivity (Wildman–Crippen MR) is 76.1 cm³/mol. The first-order valence-electron chi connectivity index (χ1n) is 6.66. The van der Waals surface area contributed by atoms with Crippen LogP contribution in [-0.2, 0) is 11.2 Å². The van der Waals surface area contributed by atoms with Crippen LogP contribution in [0.1, 0.15) is 23.6 Å². The van der Waals surface area contributed by atoms with Crippen molar-refractivity contribution < 1.29 is 9.53 Å². The number of nitrogens with zero attached hydrogens (tertiary/aromatic N) is 1. The van der Waals surface area contributed by atoms with Gasteiger partial charge in [0.05, 0.1) is 19.3 Å². The monoisotopic (exact) mass is 324 g/mol. The molecule has 0 spiro atoms. The first-order valence-corrected chi connectivity index (χ1v) is 7.45. The minimum atomic E-state index is 0.0288. The summed E-state index contributed by atoms with van der Waals surface area (Å²) in [4.78, 5) is 14.0. The van der Waals surface area contributed by atoms with Gasteiger partial charge in [-0.3, -0.25) is 0 Å². The van der Waals surface area contributed by atoms with Crippen LogP contribution in [-0.4, -0.2) is 37.2 Å². The van der Waals surface area contributed by atoms with Crippen molar-refractivity contribution in [2.75, 3.05) is 26.3 Å². The Hall–Kier alpha value is -1.07. The third kappa shape index (κ3) is 2.62. The van der Waals surface area contributed by atoms with Crippen LogP contribution in [0.2, 0.25) is 0 Å². The van der Waals surface area contributed by atoms with Crippen molar-refractivity contribution in [1.82, 2.24) is 10.2 Å². The van der Waals surface area contributed by atoms with E-state index in [0.717, 1.165) is 17.3 Å². The maximum Gasteiger partial charge on any atom is 0.318 e. The quantitative estimate of drug-likeness (QED) is 0.862. The van der Waals surface area contributed by atoms with Crippen LogP contribution in [0.3, 0.4) is 0 Å². The van der Waals surface area contributed by atoms with Crippen molar-refractivity contribution in [3.05, 3.63) is 33.8 Å². The first kappa shape index (κ1) is 12.9. The molecule has 0 unspecified atom stereocenters. The maximum absolute atomic E-state index is 12.2. The van der Waals surface area contributed by atoms with Gasteiger partial charge >= 0.3 is 6.03 Å². The lowest BCUT2D eigenvalue weighted by Crippen LogP contribution is -2.46. The number of nitrogens with one attached hydrogen (secondary N) is 1. The molecule has 1 saturated heterocycles. The van der Waals surface area contributed by atoms with Crippen molar-refractivity contribution >= 4 is 22.0 Å². The SMILES string of the molecule is O=C(N[C@H]1CCc2c(Br)cccc21)N1CCOCC1. The lowest BCUT2D eigenvalue weighted by atomic mass is 10.1. The fraction of sp³-hybridized carbons (Fsp3) is 0.500. The summed E-state index contributed by atoms with van der Waals surface area (Å²) < 4.78 is 6.41. The van der Waals surface area contributed by atoms with Crippen molar-refractivity contribution in [2.24, 2.45) is 0 Å². The van der Waals surface area contributed by atoms with Gasteiger partial charge in [0.15, 0.2) is 0 Å². The van der Waals surface area contributed by atoms with Gasteiger partial charge in [-0.2, -0.15) is 0 Å². The number of rotatable bonds is 1. The Kier molecular flexibility index (Phi) is 3.75. The van der Waals surface area contributed by atoms with E-state index in [-0.39, 0.29) is 12.1 Å². The fourth-order valence-corrected chi connectivity index (χ4v) is 3.35. The molecule has 0 radical (unpaired) electrons. The number of ether oxygens (including phenoxy) is 1. The summed E-state index contributed by atoms with van der Waals surface area (Å²) in [5, 5.41) is 3.14. The van der Waals surface area contributed by atoms with E-state index in [4.69, 9.17) is 4.74 Å². The molecule has 1 aromatic rings. The van der Waals surface area contributed by atoms with Crippen LogP contribution in [0.25, 0.3) is 0 Å². The lowest BCUT2D eigenvalue weighted by Gasteiger charge is -2.28. The molecule has 1 N–H and O–H groups in total. The van der Waals surface area contributed by atoms with Crippen LogP contribution in [0.4, 0.5) is 4.79 Å². The minimum Gasteiger partial charge on any atom is -0.378 e. The Balaban J connectivity index is 1.69. The van der Waals surface area contributed by atoms with Gasteiger partial charge in [0.2, 0.25) is 0 Å². The zero-order valence-corrected chi connectivity index (χ0v) is 12.3. The van der Waals surface area contributed by atoms with Crippen molar-refractivity contribution in [3.8, 4) is 0 Å². The van der Waals surface area contributed by atoms with Crippen LogP contribution in [0.5, 0.6) is 0 Å². The number of carbonyl (C=O) groups is 1. The highest BCUT2D eigenvalue weighted by Gasteiger charge is 2.27. The van der Waals surface area contributed by atoms with E-state index in [1.807, 2.05) is 11.0 Å². The molecule has 0 saturated carbocycles. The molecule has 2 amide bonds. The van der Waals surface area contributed by atoms with E-state index >= 15 is 0 Å². The molecule has 19 heavy (non-hydrogen) atoms. The lowest BCUT2D eigenvalue weighted by molar-refractivity contribution is 0.0525. The van der Waals surface area contributed by atoms with E-state index in [9.17, 15) is 4.79 Å². The molecule has 1 aromatic carbocycles. The number of urea groups is 1. The maximum atomic E-state index is 12.2. The molecule has 4 nitrogen and oxygen atoms in total. The number of benzene rings is 1. The van der Waals surface area contributed by atoms with Crippen molar-refractivity contribution in [2.45, 2.75) is 18.9 Å². The average Bonchev–Trinajstić information content (AvgIpc) is 2.84. The molecule has 1 aliphatic heterocycles. The largest absolute Gasteiger partial charge is 0.378 e. The van der Waals surface area contributed by atoms with E-state index < -0.39 is 0 Å². The van der Waals surface area contributed by atoms with Crippen LogP contribution < -0.4 is 5.32 Å². The number of morpholine rings is 1. The van der Waals surface area contributed by atoms with Gasteiger partial charge in [0, 0.05) is 17.6 Å². The highest BCUT2D eigenvalue weighted by molar-refractivity contribution is 9.10. The Bertz CT molecular complexity index is 486. The standard InChI is InChI=1S/C14H17BrN2O2/c15-12-3-1-2-11-10(12)4-5-13(11)16-14(18)17-6-8-19-9-7-17/h1-3,13H,4-9H2,(H,16,18)/t13-/m0/s1. The third-order valence-electron chi connectivity index (χ3n) is 3.81. The van der Waals surface area contributed by atoms with Gasteiger partial charge in [0.1, 0.15) is 0 Å². The van der Waals surface area contributed by atoms with E-state index in [1.165, 1.54) is 11.1 Å². The molecule has 1 heterocycles. The summed E-state index contributed by atoms with van der Waals surface area (Å²) in [5.74, 6) is 0. The molecule has 5 heteroatoms. The summed E-state index contributed by atoms with van der Waals surface area (Å²) >= 11 is 3.58. The van der Waals surface area contributed by atoms with Crippen LogP contribution in [0, 0.1) is 0 Å². The highest BCUT2D eigenvalue weighted by atomic mass is 79.9. The van der Waals surface area contributed by atoms with Gasteiger partial charge in [-0.15, -0.1) is 0 Å². The van der Waals surface area contributed by atoms with Gasteiger partial charge in [-0.25, -0.2) is 4.79 Å². The topological polar surface area (TPSA) is 41.6 Å². The zero-order chi connectivity index (χ0) is 13.2. The molecular weight excluding hydrogens is 308 g/mol. The van der Waals surface area contributed by atoms with Crippen molar-refractivity contribution in [3.63, 3.8) is 0 Å². The number of amides is 2. The zero-order valence-electron chi connectivity index (χ0n) is 10.7. The fourth-order valence-electron chi connectivity index (χ4n) is 2.77. The number of hydrogen-bond donors (Lipinski definition) is 1. The summed E-state index contributed by atoms with van der Waals surface area (Å²) in [7, 11) is 0. The molecule has 102 valence electrons. The summed E-state index contributed by atoms with van der Waals surface area (Å²) in [6, 6.07) is 6.37. The predicted octanol–water partition coefficient (Wildman–Crippen LogP) is 2.48. The smallest absolute Gasteiger partial charge is 0.318 e. The van der Waals surface area contributed by atoms with Crippen molar-refractivity contribution in [1.29, 1.82) is 0 Å². The molecule has 2 aliphatic rings. The Morgan fingerprint density at radius 1 is 1.37 bits per heavy atom. The van der Waals surface area contributed by atoms with E-state index in [1.54, 1.807) is 0 Å². The molecular formula is C14H17BrN2O2. The minimum absolute atomic E-state index is 0.0288. The number of hydrogen-bond acceptors (Lipinski definition) is 2. The Labute approximate surface area is 121 Å². The average molecular weight is 325 g/mol.